The average Bonchev–Trinajstić information content (AvgIpc) is 2.46. The van der Waals surface area contributed by atoms with Crippen molar-refractivity contribution in [1.82, 2.24) is 10.2 Å². The van der Waals surface area contributed by atoms with Crippen molar-refractivity contribution in [1.29, 1.82) is 0 Å². The van der Waals surface area contributed by atoms with Gasteiger partial charge in [-0.1, -0.05) is 13.0 Å². The Hall–Kier alpha value is -1.26. The van der Waals surface area contributed by atoms with Crippen LogP contribution in [-0.4, -0.2) is 52.3 Å². The number of nitrogens with zero attached hydrogens (tertiary/aromatic N) is 1. The van der Waals surface area contributed by atoms with Gasteiger partial charge in [-0.05, 0) is 57.7 Å². The highest BCUT2D eigenvalue weighted by molar-refractivity contribution is 5.42. The molecule has 0 saturated carbocycles. The minimum absolute atomic E-state index is 0.657. The Kier molecular flexibility index (Phi) is 8.07. The minimum Gasteiger partial charge on any atom is -0.493 e. The van der Waals surface area contributed by atoms with Gasteiger partial charge < -0.3 is 19.7 Å². The third kappa shape index (κ3) is 6.26. The van der Waals surface area contributed by atoms with E-state index >= 15 is 0 Å². The summed E-state index contributed by atoms with van der Waals surface area (Å²) in [6.45, 7) is 5.77. The van der Waals surface area contributed by atoms with E-state index in [9.17, 15) is 0 Å². The fourth-order valence-electron chi connectivity index (χ4n) is 1.93. The largest absolute Gasteiger partial charge is 0.493 e. The molecular weight excluding hydrogens is 252 g/mol. The number of nitrogens with one attached hydrogen (secondary N) is 1. The Morgan fingerprint density at radius 1 is 1.15 bits per heavy atom. The molecule has 0 amide bonds. The van der Waals surface area contributed by atoms with Gasteiger partial charge >= 0.3 is 0 Å². The van der Waals surface area contributed by atoms with E-state index in [4.69, 9.17) is 9.47 Å². The summed E-state index contributed by atoms with van der Waals surface area (Å²) in [6.07, 6.45) is 2.16. The highest BCUT2D eigenvalue weighted by atomic mass is 16.5. The Labute approximate surface area is 123 Å². The lowest BCUT2D eigenvalue weighted by Crippen LogP contribution is -2.25. The first-order chi connectivity index (χ1) is 9.67. The van der Waals surface area contributed by atoms with Crippen molar-refractivity contribution < 1.29 is 9.47 Å². The van der Waals surface area contributed by atoms with Gasteiger partial charge in [0.15, 0.2) is 11.5 Å². The third-order valence-electron chi connectivity index (χ3n) is 3.13. The first-order valence-electron chi connectivity index (χ1n) is 7.32. The number of methoxy groups -OCH3 is 1. The molecule has 0 aliphatic rings. The van der Waals surface area contributed by atoms with Crippen molar-refractivity contribution in [3.8, 4) is 11.5 Å². The van der Waals surface area contributed by atoms with Crippen molar-refractivity contribution in [2.24, 2.45) is 0 Å². The van der Waals surface area contributed by atoms with E-state index in [-0.39, 0.29) is 0 Å². The molecular formula is C16H28N2O2. The van der Waals surface area contributed by atoms with Gasteiger partial charge in [-0.3, -0.25) is 0 Å². The monoisotopic (exact) mass is 280 g/mol. The maximum absolute atomic E-state index is 5.76. The molecule has 0 radical (unpaired) electrons. The summed E-state index contributed by atoms with van der Waals surface area (Å²) in [5.74, 6) is 1.64. The fraction of sp³-hybridized carbons (Fsp3) is 0.625. The molecule has 20 heavy (non-hydrogen) atoms. The van der Waals surface area contributed by atoms with Gasteiger partial charge in [-0.25, -0.2) is 0 Å². The quantitative estimate of drug-likeness (QED) is 0.666. The molecule has 0 spiro atoms. The Balaban J connectivity index is 2.24. The van der Waals surface area contributed by atoms with Crippen LogP contribution < -0.4 is 14.8 Å². The lowest BCUT2D eigenvalue weighted by molar-refractivity contribution is 0.290. The molecule has 0 atom stereocenters. The minimum atomic E-state index is 0.657. The van der Waals surface area contributed by atoms with Gasteiger partial charge in [0.05, 0.1) is 7.11 Å². The second kappa shape index (κ2) is 9.61. The van der Waals surface area contributed by atoms with Crippen molar-refractivity contribution in [2.45, 2.75) is 19.8 Å². The maximum Gasteiger partial charge on any atom is 0.161 e. The van der Waals surface area contributed by atoms with Crippen LogP contribution in [0.5, 0.6) is 11.5 Å². The van der Waals surface area contributed by atoms with Crippen LogP contribution in [0.2, 0.25) is 0 Å². The van der Waals surface area contributed by atoms with Crippen LogP contribution in [0.3, 0.4) is 0 Å². The second-order valence-corrected chi connectivity index (χ2v) is 5.09. The number of hydrogen-bond donors (Lipinski definition) is 1. The predicted molar refractivity (Wildman–Crippen MR) is 83.9 cm³/mol. The zero-order valence-electron chi connectivity index (χ0n) is 13.2. The highest BCUT2D eigenvalue weighted by Gasteiger charge is 2.04. The summed E-state index contributed by atoms with van der Waals surface area (Å²) in [6, 6.07) is 6.12. The van der Waals surface area contributed by atoms with Gasteiger partial charge in [0.2, 0.25) is 0 Å². The normalized spacial score (nSPS) is 10.8. The molecule has 0 aliphatic heterocycles. The second-order valence-electron chi connectivity index (χ2n) is 5.09. The van der Waals surface area contributed by atoms with E-state index in [0.29, 0.717) is 6.61 Å². The molecule has 114 valence electrons. The smallest absolute Gasteiger partial charge is 0.161 e. The molecule has 1 rings (SSSR count). The zero-order chi connectivity index (χ0) is 14.8. The number of rotatable bonds is 10. The number of benzene rings is 1. The number of hydrogen-bond acceptors (Lipinski definition) is 4. The molecule has 1 N–H and O–H groups in total. The molecule has 0 aromatic heterocycles. The standard InChI is InChI=1S/C16H28N2O2/c1-5-14-7-8-15(16(13-14)19-4)20-12-10-17-9-6-11-18(2)3/h7-8,13,17H,5-6,9-12H2,1-4H3. The molecule has 1 aromatic rings. The van der Waals surface area contributed by atoms with E-state index in [2.05, 4.69) is 37.3 Å². The number of ether oxygens (including phenoxy) is 2. The molecule has 0 heterocycles. The summed E-state index contributed by atoms with van der Waals surface area (Å²) in [7, 11) is 5.87. The maximum atomic E-state index is 5.76. The van der Waals surface area contributed by atoms with Gasteiger partial charge in [0.1, 0.15) is 6.61 Å². The predicted octanol–water partition coefficient (Wildman–Crippen LogP) is 2.18. The van der Waals surface area contributed by atoms with Crippen molar-refractivity contribution in [2.75, 3.05) is 47.4 Å². The van der Waals surface area contributed by atoms with E-state index in [0.717, 1.165) is 44.0 Å². The highest BCUT2D eigenvalue weighted by Crippen LogP contribution is 2.28. The van der Waals surface area contributed by atoms with Crippen LogP contribution in [0.15, 0.2) is 18.2 Å². The van der Waals surface area contributed by atoms with Crippen LogP contribution >= 0.6 is 0 Å². The fourth-order valence-corrected chi connectivity index (χ4v) is 1.93. The first kappa shape index (κ1) is 16.8. The molecule has 0 aliphatic carbocycles. The Morgan fingerprint density at radius 3 is 2.60 bits per heavy atom. The number of aryl methyl sites for hydroxylation is 1. The SMILES string of the molecule is CCc1ccc(OCCNCCCN(C)C)c(OC)c1. The molecule has 1 aromatic carbocycles. The molecule has 0 bridgehead atoms. The summed E-state index contributed by atoms with van der Waals surface area (Å²) >= 11 is 0. The van der Waals surface area contributed by atoms with Crippen LogP contribution in [0.1, 0.15) is 18.9 Å². The summed E-state index contributed by atoms with van der Waals surface area (Å²) in [5, 5.41) is 3.38. The molecule has 4 heteroatoms. The molecule has 0 fully saturated rings. The first-order valence-corrected chi connectivity index (χ1v) is 7.32. The topological polar surface area (TPSA) is 33.7 Å². The zero-order valence-corrected chi connectivity index (χ0v) is 13.2. The average molecular weight is 280 g/mol. The molecule has 4 nitrogen and oxygen atoms in total. The third-order valence-corrected chi connectivity index (χ3v) is 3.13. The van der Waals surface area contributed by atoms with Gasteiger partial charge in [-0.2, -0.15) is 0 Å². The van der Waals surface area contributed by atoms with Crippen LogP contribution in [0, 0.1) is 0 Å². The van der Waals surface area contributed by atoms with Crippen LogP contribution in [0.25, 0.3) is 0 Å². The molecule has 0 saturated heterocycles. The van der Waals surface area contributed by atoms with Crippen LogP contribution in [-0.2, 0) is 6.42 Å². The Bertz CT molecular complexity index is 381. The lowest BCUT2D eigenvalue weighted by atomic mass is 10.1. The van der Waals surface area contributed by atoms with Crippen molar-refractivity contribution in [3.05, 3.63) is 23.8 Å². The van der Waals surface area contributed by atoms with Crippen molar-refractivity contribution >= 4 is 0 Å². The van der Waals surface area contributed by atoms with E-state index in [1.807, 2.05) is 12.1 Å². The van der Waals surface area contributed by atoms with Crippen LogP contribution in [0.4, 0.5) is 0 Å². The lowest BCUT2D eigenvalue weighted by Gasteiger charge is -2.13. The van der Waals surface area contributed by atoms with Gasteiger partial charge in [-0.15, -0.1) is 0 Å². The van der Waals surface area contributed by atoms with Gasteiger partial charge in [0.25, 0.3) is 0 Å². The summed E-state index contributed by atoms with van der Waals surface area (Å²) in [5.41, 5.74) is 1.26. The van der Waals surface area contributed by atoms with E-state index < -0.39 is 0 Å². The summed E-state index contributed by atoms with van der Waals surface area (Å²) in [4.78, 5) is 2.19. The Morgan fingerprint density at radius 2 is 1.95 bits per heavy atom. The van der Waals surface area contributed by atoms with E-state index in [1.54, 1.807) is 7.11 Å². The van der Waals surface area contributed by atoms with E-state index in [1.165, 1.54) is 5.56 Å². The van der Waals surface area contributed by atoms with Crippen molar-refractivity contribution in [3.63, 3.8) is 0 Å². The molecule has 0 unspecified atom stereocenters. The van der Waals surface area contributed by atoms with Gasteiger partial charge in [0, 0.05) is 6.54 Å². The summed E-state index contributed by atoms with van der Waals surface area (Å²) < 4.78 is 11.1.